The number of β-amino-alcohol motifs (C(OH)–C–C–N with tert-alkyl or cyclic N) is 1. The van der Waals surface area contributed by atoms with Gasteiger partial charge in [-0.25, -0.2) is 4.68 Å². The molecule has 0 saturated carbocycles. The van der Waals surface area contributed by atoms with E-state index in [9.17, 15) is 5.11 Å². The third-order valence-corrected chi connectivity index (χ3v) is 2.85. The van der Waals surface area contributed by atoms with Gasteiger partial charge in [-0.05, 0) is 13.8 Å². The van der Waals surface area contributed by atoms with Crippen molar-refractivity contribution >= 4 is 0 Å². The third-order valence-electron chi connectivity index (χ3n) is 2.85. The van der Waals surface area contributed by atoms with Gasteiger partial charge in [0.1, 0.15) is 5.60 Å². The Morgan fingerprint density at radius 2 is 2.27 bits per heavy atom. The summed E-state index contributed by atoms with van der Waals surface area (Å²) in [5.74, 6) is 0. The summed E-state index contributed by atoms with van der Waals surface area (Å²) in [6.45, 7) is 5.07. The highest BCUT2D eigenvalue weighted by Crippen LogP contribution is 2.27. The van der Waals surface area contributed by atoms with E-state index in [4.69, 9.17) is 5.73 Å². The van der Waals surface area contributed by atoms with E-state index in [1.54, 1.807) is 10.9 Å². The number of aliphatic hydroxyl groups is 1. The molecule has 0 amide bonds. The molecule has 1 fully saturated rings. The molecule has 0 spiro atoms. The van der Waals surface area contributed by atoms with Crippen molar-refractivity contribution in [3.05, 3.63) is 11.9 Å². The van der Waals surface area contributed by atoms with Crippen LogP contribution in [0.5, 0.6) is 0 Å². The van der Waals surface area contributed by atoms with E-state index in [2.05, 4.69) is 15.6 Å². The molecule has 2 heterocycles. The standard InChI is InChI=1S/C9H17N5O/c1-6(2)14-7(3-12-13-14)8(10)9(15)4-11-5-9/h3,6,8,11,15H,4-5,10H2,1-2H3. The zero-order valence-corrected chi connectivity index (χ0v) is 9.01. The van der Waals surface area contributed by atoms with E-state index >= 15 is 0 Å². The molecule has 84 valence electrons. The molecule has 1 atom stereocenters. The molecular weight excluding hydrogens is 194 g/mol. The molecule has 0 bridgehead atoms. The zero-order valence-electron chi connectivity index (χ0n) is 9.01. The van der Waals surface area contributed by atoms with Gasteiger partial charge in [-0.3, -0.25) is 0 Å². The number of hydrogen-bond acceptors (Lipinski definition) is 5. The quantitative estimate of drug-likeness (QED) is 0.608. The maximum atomic E-state index is 10.1. The monoisotopic (exact) mass is 211 g/mol. The van der Waals surface area contributed by atoms with E-state index in [0.717, 1.165) is 5.69 Å². The Kier molecular flexibility index (Phi) is 2.49. The molecule has 2 rings (SSSR count). The topological polar surface area (TPSA) is 89.0 Å². The molecule has 0 aromatic carbocycles. The van der Waals surface area contributed by atoms with Crippen LogP contribution in [0, 0.1) is 0 Å². The first kappa shape index (κ1) is 10.5. The Morgan fingerprint density at radius 1 is 1.60 bits per heavy atom. The number of rotatable bonds is 3. The average molecular weight is 211 g/mol. The van der Waals surface area contributed by atoms with Crippen molar-refractivity contribution in [2.75, 3.05) is 13.1 Å². The van der Waals surface area contributed by atoms with E-state index in [1.807, 2.05) is 13.8 Å². The fraction of sp³-hybridized carbons (Fsp3) is 0.778. The summed E-state index contributed by atoms with van der Waals surface area (Å²) in [6.07, 6.45) is 1.63. The maximum absolute atomic E-state index is 10.1. The fourth-order valence-electron chi connectivity index (χ4n) is 1.75. The Bertz CT molecular complexity index is 344. The molecule has 0 aliphatic carbocycles. The highest BCUT2D eigenvalue weighted by atomic mass is 16.3. The number of aromatic nitrogens is 3. The lowest BCUT2D eigenvalue weighted by Gasteiger charge is -2.42. The summed E-state index contributed by atoms with van der Waals surface area (Å²) < 4.78 is 1.75. The van der Waals surface area contributed by atoms with Crippen LogP contribution in [-0.4, -0.2) is 38.8 Å². The molecule has 1 saturated heterocycles. The van der Waals surface area contributed by atoms with Gasteiger partial charge >= 0.3 is 0 Å². The molecular formula is C9H17N5O. The summed E-state index contributed by atoms with van der Waals surface area (Å²) in [5, 5.41) is 20.9. The molecule has 4 N–H and O–H groups in total. The minimum atomic E-state index is -0.853. The molecule has 15 heavy (non-hydrogen) atoms. The van der Waals surface area contributed by atoms with Crippen LogP contribution in [0.3, 0.4) is 0 Å². The summed E-state index contributed by atoms with van der Waals surface area (Å²) >= 11 is 0. The van der Waals surface area contributed by atoms with Gasteiger partial charge in [-0.2, -0.15) is 0 Å². The molecule has 1 aromatic rings. The largest absolute Gasteiger partial charge is 0.385 e. The molecule has 1 aromatic heterocycles. The maximum Gasteiger partial charge on any atom is 0.110 e. The van der Waals surface area contributed by atoms with Crippen LogP contribution < -0.4 is 11.1 Å². The van der Waals surface area contributed by atoms with Crippen LogP contribution in [0.1, 0.15) is 31.6 Å². The van der Waals surface area contributed by atoms with Gasteiger partial charge in [0.15, 0.2) is 0 Å². The van der Waals surface area contributed by atoms with Crippen LogP contribution in [-0.2, 0) is 0 Å². The first-order chi connectivity index (χ1) is 7.04. The summed E-state index contributed by atoms with van der Waals surface area (Å²) in [6, 6.07) is -0.235. The normalized spacial score (nSPS) is 21.4. The average Bonchev–Trinajstić information content (AvgIpc) is 2.61. The van der Waals surface area contributed by atoms with Gasteiger partial charge in [-0.15, -0.1) is 5.10 Å². The van der Waals surface area contributed by atoms with Crippen molar-refractivity contribution in [2.24, 2.45) is 5.73 Å². The minimum absolute atomic E-state index is 0.199. The van der Waals surface area contributed by atoms with Crippen LogP contribution in [0.25, 0.3) is 0 Å². The first-order valence-corrected chi connectivity index (χ1v) is 5.13. The zero-order chi connectivity index (χ0) is 11.1. The second-order valence-corrected chi connectivity index (χ2v) is 4.38. The van der Waals surface area contributed by atoms with E-state index in [1.165, 1.54) is 0 Å². The van der Waals surface area contributed by atoms with Crippen molar-refractivity contribution in [1.82, 2.24) is 20.3 Å². The van der Waals surface area contributed by atoms with Crippen molar-refractivity contribution in [2.45, 2.75) is 31.5 Å². The lowest BCUT2D eigenvalue weighted by atomic mass is 9.87. The Morgan fingerprint density at radius 3 is 2.73 bits per heavy atom. The Labute approximate surface area is 88.5 Å². The molecule has 0 radical (unpaired) electrons. The van der Waals surface area contributed by atoms with Crippen LogP contribution in [0.4, 0.5) is 0 Å². The number of nitrogens with one attached hydrogen (secondary N) is 1. The first-order valence-electron chi connectivity index (χ1n) is 5.13. The lowest BCUT2D eigenvalue weighted by molar-refractivity contribution is -0.0356. The van der Waals surface area contributed by atoms with Gasteiger partial charge in [0.05, 0.1) is 17.9 Å². The molecule has 1 aliphatic rings. The van der Waals surface area contributed by atoms with Crippen LogP contribution in [0.15, 0.2) is 6.20 Å². The molecule has 6 nitrogen and oxygen atoms in total. The van der Waals surface area contributed by atoms with Crippen molar-refractivity contribution < 1.29 is 5.11 Å². The highest BCUT2D eigenvalue weighted by molar-refractivity contribution is 5.14. The van der Waals surface area contributed by atoms with Crippen molar-refractivity contribution in [1.29, 1.82) is 0 Å². The van der Waals surface area contributed by atoms with Gasteiger partial charge in [0.2, 0.25) is 0 Å². The second kappa shape index (κ2) is 3.55. The van der Waals surface area contributed by atoms with Crippen LogP contribution in [0.2, 0.25) is 0 Å². The lowest BCUT2D eigenvalue weighted by Crippen LogP contribution is -2.64. The van der Waals surface area contributed by atoms with Gasteiger partial charge < -0.3 is 16.2 Å². The second-order valence-electron chi connectivity index (χ2n) is 4.38. The number of nitrogens with two attached hydrogens (primary N) is 1. The molecule has 1 unspecified atom stereocenters. The predicted molar refractivity (Wildman–Crippen MR) is 55.2 cm³/mol. The summed E-state index contributed by atoms with van der Waals surface area (Å²) in [5.41, 5.74) is 5.96. The van der Waals surface area contributed by atoms with Gasteiger partial charge in [0, 0.05) is 19.1 Å². The highest BCUT2D eigenvalue weighted by Gasteiger charge is 2.42. The number of nitrogens with zero attached hydrogens (tertiary/aromatic N) is 3. The Hall–Kier alpha value is -0.980. The number of hydrogen-bond donors (Lipinski definition) is 3. The van der Waals surface area contributed by atoms with Crippen molar-refractivity contribution in [3.8, 4) is 0 Å². The molecule has 6 heteroatoms. The van der Waals surface area contributed by atoms with Crippen molar-refractivity contribution in [3.63, 3.8) is 0 Å². The smallest absolute Gasteiger partial charge is 0.110 e. The van der Waals surface area contributed by atoms with Gasteiger partial charge in [0.25, 0.3) is 0 Å². The van der Waals surface area contributed by atoms with E-state index < -0.39 is 11.6 Å². The predicted octanol–water partition coefficient (Wildman–Crippen LogP) is -0.807. The van der Waals surface area contributed by atoms with E-state index in [0.29, 0.717) is 13.1 Å². The third kappa shape index (κ3) is 1.64. The summed E-state index contributed by atoms with van der Waals surface area (Å²) in [7, 11) is 0. The minimum Gasteiger partial charge on any atom is -0.385 e. The molecule has 1 aliphatic heterocycles. The fourth-order valence-corrected chi connectivity index (χ4v) is 1.75. The van der Waals surface area contributed by atoms with Gasteiger partial charge in [-0.1, -0.05) is 5.21 Å². The van der Waals surface area contributed by atoms with E-state index in [-0.39, 0.29) is 6.04 Å². The Balaban J connectivity index is 2.25. The SMILES string of the molecule is CC(C)n1nncc1C(N)C1(O)CNC1. The van der Waals surface area contributed by atoms with Crippen LogP contribution >= 0.6 is 0 Å². The summed E-state index contributed by atoms with van der Waals surface area (Å²) in [4.78, 5) is 0.